The highest BCUT2D eigenvalue weighted by Crippen LogP contribution is 2.29. The maximum atomic E-state index is 12.4. The summed E-state index contributed by atoms with van der Waals surface area (Å²) >= 11 is 5.11. The Balaban J connectivity index is 1.57. The van der Waals surface area contributed by atoms with Crippen molar-refractivity contribution in [2.24, 2.45) is 0 Å². The highest BCUT2D eigenvalue weighted by Gasteiger charge is 2.21. The fourth-order valence-electron chi connectivity index (χ4n) is 2.87. The van der Waals surface area contributed by atoms with Gasteiger partial charge in [-0.25, -0.2) is 0 Å². The molecular weight excluding hydrogens is 412 g/mol. The Hall–Kier alpha value is -1.92. The van der Waals surface area contributed by atoms with E-state index in [4.69, 9.17) is 0 Å². The molecule has 136 valence electrons. The van der Waals surface area contributed by atoms with E-state index in [-0.39, 0.29) is 11.8 Å². The van der Waals surface area contributed by atoms with Gasteiger partial charge in [-0.05, 0) is 35.9 Å². The summed E-state index contributed by atoms with van der Waals surface area (Å²) in [5, 5.41) is 0. The number of thiophene rings is 1. The van der Waals surface area contributed by atoms with Gasteiger partial charge in [0.25, 0.3) is 0 Å². The van der Waals surface area contributed by atoms with Crippen molar-refractivity contribution in [2.45, 2.75) is 13.3 Å². The van der Waals surface area contributed by atoms with E-state index in [0.717, 1.165) is 9.35 Å². The first-order valence-corrected chi connectivity index (χ1v) is 10.3. The molecule has 0 unspecified atom stereocenters. The van der Waals surface area contributed by atoms with Crippen LogP contribution >= 0.6 is 27.3 Å². The highest BCUT2D eigenvalue weighted by atomic mass is 79.9. The van der Waals surface area contributed by atoms with Crippen LogP contribution in [0.15, 0.2) is 46.9 Å². The number of hydrogen-bond acceptors (Lipinski definition) is 3. The van der Waals surface area contributed by atoms with Crippen molar-refractivity contribution in [1.82, 2.24) is 9.80 Å². The van der Waals surface area contributed by atoms with Gasteiger partial charge in [-0.15, -0.1) is 11.3 Å². The zero-order valence-electron chi connectivity index (χ0n) is 14.7. The summed E-state index contributed by atoms with van der Waals surface area (Å²) in [6.45, 7) is 4.32. The van der Waals surface area contributed by atoms with Gasteiger partial charge < -0.3 is 9.80 Å². The molecule has 0 radical (unpaired) electrons. The third-order valence-corrected chi connectivity index (χ3v) is 6.02. The molecule has 1 aromatic carbocycles. The Morgan fingerprint density at radius 3 is 2.35 bits per heavy atom. The topological polar surface area (TPSA) is 40.6 Å². The second-order valence-electron chi connectivity index (χ2n) is 6.10. The number of nitrogens with zero attached hydrogens (tertiary/aromatic N) is 2. The fourth-order valence-corrected chi connectivity index (χ4v) is 4.05. The Morgan fingerprint density at radius 1 is 1.04 bits per heavy atom. The molecule has 1 saturated heterocycles. The number of carbonyl (C=O) groups excluding carboxylic acids is 2. The lowest BCUT2D eigenvalue weighted by molar-refractivity contribution is -0.136. The minimum absolute atomic E-state index is 0.00666. The van der Waals surface area contributed by atoms with Crippen LogP contribution in [0.5, 0.6) is 0 Å². The Kier molecular flexibility index (Phi) is 6.27. The van der Waals surface area contributed by atoms with Crippen LogP contribution < -0.4 is 0 Å². The number of amides is 2. The van der Waals surface area contributed by atoms with Crippen molar-refractivity contribution in [1.29, 1.82) is 0 Å². The summed E-state index contributed by atoms with van der Waals surface area (Å²) in [5.41, 5.74) is 1.17. The highest BCUT2D eigenvalue weighted by molar-refractivity contribution is 9.10. The summed E-state index contributed by atoms with van der Waals surface area (Å²) in [5.74, 6) is 0.166. The van der Waals surface area contributed by atoms with E-state index in [1.165, 1.54) is 10.4 Å². The lowest BCUT2D eigenvalue weighted by Gasteiger charge is -2.34. The first-order valence-electron chi connectivity index (χ1n) is 8.67. The zero-order chi connectivity index (χ0) is 18.5. The lowest BCUT2D eigenvalue weighted by Crippen LogP contribution is -2.50. The van der Waals surface area contributed by atoms with Gasteiger partial charge in [0.15, 0.2) is 0 Å². The lowest BCUT2D eigenvalue weighted by atomic mass is 10.2. The summed E-state index contributed by atoms with van der Waals surface area (Å²) in [4.78, 5) is 29.9. The van der Waals surface area contributed by atoms with Crippen molar-refractivity contribution < 1.29 is 9.59 Å². The predicted octanol–water partition coefficient (Wildman–Crippen LogP) is 4.27. The Morgan fingerprint density at radius 2 is 1.69 bits per heavy atom. The van der Waals surface area contributed by atoms with Gasteiger partial charge in [0.1, 0.15) is 0 Å². The average Bonchev–Trinajstić information content (AvgIpc) is 3.15. The van der Waals surface area contributed by atoms with Crippen LogP contribution in [0.3, 0.4) is 0 Å². The average molecular weight is 433 g/mol. The van der Waals surface area contributed by atoms with E-state index in [2.05, 4.69) is 34.1 Å². The molecule has 2 amide bonds. The molecule has 26 heavy (non-hydrogen) atoms. The summed E-state index contributed by atoms with van der Waals surface area (Å²) in [6, 6.07) is 12.3. The number of rotatable bonds is 4. The van der Waals surface area contributed by atoms with Gasteiger partial charge in [-0.3, -0.25) is 9.59 Å². The summed E-state index contributed by atoms with van der Waals surface area (Å²) < 4.78 is 1.06. The molecule has 3 rings (SSSR count). The fraction of sp³-hybridized carbons (Fsp3) is 0.300. The molecule has 0 aliphatic carbocycles. The Bertz CT molecular complexity index is 805. The quantitative estimate of drug-likeness (QED) is 0.676. The van der Waals surface area contributed by atoms with Gasteiger partial charge in [-0.2, -0.15) is 0 Å². The number of halogens is 1. The number of benzene rings is 1. The van der Waals surface area contributed by atoms with Crippen molar-refractivity contribution >= 4 is 45.2 Å². The van der Waals surface area contributed by atoms with E-state index < -0.39 is 0 Å². The Labute approximate surface area is 166 Å². The monoisotopic (exact) mass is 432 g/mol. The minimum atomic E-state index is 0.00666. The van der Waals surface area contributed by atoms with E-state index in [1.54, 1.807) is 22.3 Å². The molecule has 1 fully saturated rings. The second-order valence-corrected chi connectivity index (χ2v) is 8.13. The van der Waals surface area contributed by atoms with Crippen molar-refractivity contribution in [3.63, 3.8) is 0 Å². The molecule has 0 N–H and O–H groups in total. The van der Waals surface area contributed by atoms with Gasteiger partial charge in [0.05, 0.1) is 0 Å². The molecule has 1 aliphatic heterocycles. The van der Waals surface area contributed by atoms with Crippen molar-refractivity contribution in [2.75, 3.05) is 26.2 Å². The van der Waals surface area contributed by atoms with Gasteiger partial charge in [0.2, 0.25) is 11.8 Å². The maximum absolute atomic E-state index is 12.4. The molecule has 0 saturated carbocycles. The third kappa shape index (κ3) is 4.62. The summed E-state index contributed by atoms with van der Waals surface area (Å²) in [6.07, 6.45) is 4.03. The zero-order valence-corrected chi connectivity index (χ0v) is 17.1. The molecule has 1 aromatic heterocycles. The first-order chi connectivity index (χ1) is 12.6. The van der Waals surface area contributed by atoms with Crippen LogP contribution in [-0.4, -0.2) is 47.8 Å². The van der Waals surface area contributed by atoms with Crippen molar-refractivity contribution in [3.05, 3.63) is 51.8 Å². The molecule has 6 heteroatoms. The summed E-state index contributed by atoms with van der Waals surface area (Å²) in [7, 11) is 0. The van der Waals surface area contributed by atoms with Crippen LogP contribution in [0.4, 0.5) is 0 Å². The molecule has 0 atom stereocenters. The van der Waals surface area contributed by atoms with Gasteiger partial charge >= 0.3 is 0 Å². The predicted molar refractivity (Wildman–Crippen MR) is 110 cm³/mol. The number of hydrogen-bond donors (Lipinski definition) is 0. The SMILES string of the molecule is CCC(=O)N1CCN(C(=O)/C=C/c2ccc(-c3ccc(Br)cc3)s2)CC1. The number of piperazine rings is 1. The van der Waals surface area contributed by atoms with Crippen LogP contribution in [-0.2, 0) is 9.59 Å². The van der Waals surface area contributed by atoms with Crippen LogP contribution in [0.2, 0.25) is 0 Å². The molecule has 2 heterocycles. The van der Waals surface area contributed by atoms with E-state index >= 15 is 0 Å². The molecule has 2 aromatic rings. The smallest absolute Gasteiger partial charge is 0.246 e. The maximum Gasteiger partial charge on any atom is 0.246 e. The van der Waals surface area contributed by atoms with E-state index in [0.29, 0.717) is 32.6 Å². The van der Waals surface area contributed by atoms with Gasteiger partial charge in [-0.1, -0.05) is 35.0 Å². The first kappa shape index (κ1) is 18.9. The molecule has 0 bridgehead atoms. The van der Waals surface area contributed by atoms with Crippen LogP contribution in [0.25, 0.3) is 16.5 Å². The normalized spacial score (nSPS) is 14.8. The van der Waals surface area contributed by atoms with Gasteiger partial charge in [0, 0.05) is 52.9 Å². The third-order valence-electron chi connectivity index (χ3n) is 4.39. The van der Waals surface area contributed by atoms with Crippen molar-refractivity contribution in [3.8, 4) is 10.4 Å². The van der Waals surface area contributed by atoms with Crippen LogP contribution in [0.1, 0.15) is 18.2 Å². The second kappa shape index (κ2) is 8.64. The molecular formula is C20H21BrN2O2S. The van der Waals surface area contributed by atoms with E-state index in [9.17, 15) is 9.59 Å². The molecule has 1 aliphatic rings. The number of carbonyl (C=O) groups is 2. The largest absolute Gasteiger partial charge is 0.339 e. The molecule has 4 nitrogen and oxygen atoms in total. The molecule has 0 spiro atoms. The minimum Gasteiger partial charge on any atom is -0.339 e. The standard InChI is InChI=1S/C20H21BrN2O2S/c1-2-19(24)22-11-13-23(14-12-22)20(25)10-8-17-7-9-18(26-17)15-3-5-16(21)6-4-15/h3-10H,2,11-14H2,1H3/b10-8+. The van der Waals surface area contributed by atoms with Crippen LogP contribution in [0, 0.1) is 0 Å². The van der Waals surface area contributed by atoms with E-state index in [1.807, 2.05) is 36.1 Å².